The maximum absolute atomic E-state index is 7.37. The molecule has 3 heterocycles. The number of hydrogen-bond acceptors (Lipinski definition) is 3. The highest BCUT2D eigenvalue weighted by atomic mass is 16.5. The molecule has 3 aliphatic carbocycles. The first-order valence-corrected chi connectivity index (χ1v) is 12.7. The number of hydrogen-bond donors (Lipinski definition) is 0. The molecule has 0 N–H and O–H groups in total. The van der Waals surface area contributed by atoms with E-state index in [4.69, 9.17) is 4.74 Å². The third kappa shape index (κ3) is 2.61. The van der Waals surface area contributed by atoms with Crippen LogP contribution in [0.1, 0.15) is 56.9 Å². The molecule has 170 valence electrons. The standard InChI is InChI=1S/C30H34N2O/c1-28-12-10-24-17-23-6-7-25(32(2)3)18-29(23)13-14-30(24,33-29)27(28)9-8-26(28)21-5-4-20-11-15-31-19-22(20)16-21/h4-7,10-11,15-17,19,25-27H,8-9,12-14,18H2,1-3H3/t25-,26-,27-,28-,29?,30?/m1/s1. The summed E-state index contributed by atoms with van der Waals surface area (Å²) >= 11 is 0. The fourth-order valence-electron chi connectivity index (χ4n) is 8.26. The molecule has 1 aromatic carbocycles. The minimum atomic E-state index is -0.0916. The number of likely N-dealkylation sites (N-methyl/N-ethyl adjacent to an activating group) is 1. The fraction of sp³-hybridized carbons (Fsp3) is 0.500. The van der Waals surface area contributed by atoms with Crippen molar-refractivity contribution in [3.05, 3.63) is 77.7 Å². The van der Waals surface area contributed by atoms with Crippen molar-refractivity contribution >= 4 is 10.8 Å². The average molecular weight is 439 g/mol. The second kappa shape index (κ2) is 6.67. The Hall–Kier alpha value is -2.23. The molecule has 2 bridgehead atoms. The summed E-state index contributed by atoms with van der Waals surface area (Å²) in [7, 11) is 4.38. The van der Waals surface area contributed by atoms with Crippen LogP contribution in [0.4, 0.5) is 0 Å². The molecule has 2 aliphatic heterocycles. The van der Waals surface area contributed by atoms with E-state index in [1.165, 1.54) is 46.7 Å². The van der Waals surface area contributed by atoms with Crippen molar-refractivity contribution in [2.75, 3.05) is 14.1 Å². The lowest BCUT2D eigenvalue weighted by molar-refractivity contribution is -0.132. The minimum Gasteiger partial charge on any atom is -0.359 e. The highest BCUT2D eigenvalue weighted by Crippen LogP contribution is 2.69. The lowest BCUT2D eigenvalue weighted by Gasteiger charge is -2.54. The lowest BCUT2D eigenvalue weighted by atomic mass is 9.58. The van der Waals surface area contributed by atoms with Gasteiger partial charge in [0.2, 0.25) is 0 Å². The van der Waals surface area contributed by atoms with Gasteiger partial charge in [-0.2, -0.15) is 0 Å². The molecule has 7 rings (SSSR count). The van der Waals surface area contributed by atoms with E-state index in [9.17, 15) is 0 Å². The first kappa shape index (κ1) is 20.2. The van der Waals surface area contributed by atoms with Crippen LogP contribution in [0.3, 0.4) is 0 Å². The Bertz CT molecular complexity index is 1240. The summed E-state index contributed by atoms with van der Waals surface area (Å²) in [6.45, 7) is 2.56. The van der Waals surface area contributed by atoms with E-state index < -0.39 is 0 Å². The van der Waals surface area contributed by atoms with Crippen LogP contribution in [0, 0.1) is 11.3 Å². The summed E-state index contributed by atoms with van der Waals surface area (Å²) in [5.74, 6) is 1.16. The van der Waals surface area contributed by atoms with Crippen LogP contribution in [0.5, 0.6) is 0 Å². The van der Waals surface area contributed by atoms with Gasteiger partial charge < -0.3 is 9.64 Å². The summed E-state index contributed by atoms with van der Waals surface area (Å²) in [6.07, 6.45) is 20.8. The minimum absolute atomic E-state index is 0.0913. The van der Waals surface area contributed by atoms with Gasteiger partial charge in [0, 0.05) is 23.8 Å². The number of rotatable bonds is 2. The van der Waals surface area contributed by atoms with Gasteiger partial charge in [0.25, 0.3) is 0 Å². The average Bonchev–Trinajstić information content (AvgIpc) is 3.33. The number of ether oxygens (including phenoxy) is 1. The van der Waals surface area contributed by atoms with Crippen LogP contribution in [0.2, 0.25) is 0 Å². The molecule has 3 nitrogen and oxygen atoms in total. The first-order chi connectivity index (χ1) is 15.9. The Balaban J connectivity index is 1.29. The van der Waals surface area contributed by atoms with Crippen LogP contribution in [-0.4, -0.2) is 41.2 Å². The summed E-state index contributed by atoms with van der Waals surface area (Å²) in [4.78, 5) is 6.71. The van der Waals surface area contributed by atoms with Crippen LogP contribution >= 0.6 is 0 Å². The molecule has 3 heteroatoms. The first-order valence-electron chi connectivity index (χ1n) is 12.7. The zero-order valence-electron chi connectivity index (χ0n) is 20.1. The molecule has 1 saturated carbocycles. The normalized spacial score (nSPS) is 40.9. The molecule has 2 fully saturated rings. The summed E-state index contributed by atoms with van der Waals surface area (Å²) in [5, 5.41) is 2.54. The van der Waals surface area contributed by atoms with E-state index >= 15 is 0 Å². The van der Waals surface area contributed by atoms with Crippen molar-refractivity contribution in [2.45, 2.75) is 68.6 Å². The van der Waals surface area contributed by atoms with E-state index in [0.29, 0.717) is 17.9 Å². The SMILES string of the molecule is CN(C)[C@@H]1C=CC2=CC3=CC[C@]4(C)[C@@H](c5ccc6ccncc6c5)CC[C@H]4C34CCC2(C1)O4. The Morgan fingerprint density at radius 2 is 1.97 bits per heavy atom. The second-order valence-electron chi connectivity index (χ2n) is 11.7. The molecule has 6 atom stereocenters. The van der Waals surface area contributed by atoms with Gasteiger partial charge in [0.05, 0.1) is 11.2 Å². The van der Waals surface area contributed by atoms with E-state index in [-0.39, 0.29) is 16.6 Å². The molecule has 2 spiro atoms. The fourth-order valence-corrected chi connectivity index (χ4v) is 8.26. The number of fused-ring (bicyclic) bond motifs is 2. The lowest BCUT2D eigenvalue weighted by Crippen LogP contribution is -2.54. The van der Waals surface area contributed by atoms with Gasteiger partial charge in [-0.15, -0.1) is 0 Å². The molecule has 5 aliphatic rings. The van der Waals surface area contributed by atoms with Gasteiger partial charge in [0.15, 0.2) is 0 Å². The molecule has 0 amide bonds. The molecule has 33 heavy (non-hydrogen) atoms. The number of aromatic nitrogens is 1. The molecular weight excluding hydrogens is 404 g/mol. The molecule has 1 aromatic heterocycles. The zero-order valence-corrected chi connectivity index (χ0v) is 20.1. The maximum atomic E-state index is 7.37. The highest BCUT2D eigenvalue weighted by molar-refractivity contribution is 5.82. The summed E-state index contributed by atoms with van der Waals surface area (Å²) in [6, 6.07) is 9.64. The quantitative estimate of drug-likeness (QED) is 0.560. The number of allylic oxidation sites excluding steroid dienone is 1. The van der Waals surface area contributed by atoms with Crippen molar-refractivity contribution in [1.82, 2.24) is 9.88 Å². The van der Waals surface area contributed by atoms with Crippen LogP contribution in [0.15, 0.2) is 72.1 Å². The zero-order chi connectivity index (χ0) is 22.4. The second-order valence-corrected chi connectivity index (χ2v) is 11.7. The van der Waals surface area contributed by atoms with Crippen molar-refractivity contribution in [3.63, 3.8) is 0 Å². The topological polar surface area (TPSA) is 25.4 Å². The Labute approximate surface area is 197 Å². The Morgan fingerprint density at radius 3 is 2.85 bits per heavy atom. The van der Waals surface area contributed by atoms with Crippen molar-refractivity contribution < 1.29 is 4.74 Å². The summed E-state index contributed by atoms with van der Waals surface area (Å²) in [5.41, 5.74) is 4.44. The number of pyridine rings is 1. The predicted octanol–water partition coefficient (Wildman–Crippen LogP) is 6.18. The summed E-state index contributed by atoms with van der Waals surface area (Å²) < 4.78 is 7.37. The third-order valence-electron chi connectivity index (χ3n) is 10.0. The highest BCUT2D eigenvalue weighted by Gasteiger charge is 2.66. The van der Waals surface area contributed by atoms with E-state index in [0.717, 1.165) is 19.3 Å². The van der Waals surface area contributed by atoms with Crippen LogP contribution in [-0.2, 0) is 4.74 Å². The van der Waals surface area contributed by atoms with Gasteiger partial charge in [-0.1, -0.05) is 43.4 Å². The maximum Gasteiger partial charge on any atom is 0.0975 e. The number of nitrogens with zero attached hydrogens (tertiary/aromatic N) is 2. The van der Waals surface area contributed by atoms with Gasteiger partial charge in [0.1, 0.15) is 0 Å². The van der Waals surface area contributed by atoms with Crippen molar-refractivity contribution in [1.29, 1.82) is 0 Å². The predicted molar refractivity (Wildman–Crippen MR) is 133 cm³/mol. The smallest absolute Gasteiger partial charge is 0.0975 e. The molecule has 2 aromatic rings. The third-order valence-corrected chi connectivity index (χ3v) is 10.0. The Morgan fingerprint density at radius 1 is 1.06 bits per heavy atom. The van der Waals surface area contributed by atoms with E-state index in [1.54, 1.807) is 0 Å². The molecule has 0 radical (unpaired) electrons. The van der Waals surface area contributed by atoms with Gasteiger partial charge >= 0.3 is 0 Å². The molecule has 2 unspecified atom stereocenters. The van der Waals surface area contributed by atoms with Crippen molar-refractivity contribution in [2.24, 2.45) is 11.3 Å². The molecular formula is C30H34N2O. The van der Waals surface area contributed by atoms with Crippen LogP contribution < -0.4 is 0 Å². The molecule has 1 saturated heterocycles. The van der Waals surface area contributed by atoms with Crippen LogP contribution in [0.25, 0.3) is 10.8 Å². The van der Waals surface area contributed by atoms with Gasteiger partial charge in [-0.25, -0.2) is 0 Å². The van der Waals surface area contributed by atoms with Crippen molar-refractivity contribution in [3.8, 4) is 0 Å². The van der Waals surface area contributed by atoms with E-state index in [2.05, 4.69) is 79.5 Å². The van der Waals surface area contributed by atoms with Gasteiger partial charge in [-0.3, -0.25) is 4.98 Å². The monoisotopic (exact) mass is 438 g/mol. The van der Waals surface area contributed by atoms with E-state index in [1.807, 2.05) is 12.4 Å². The Kier molecular flexibility index (Phi) is 4.08. The largest absolute Gasteiger partial charge is 0.359 e. The van der Waals surface area contributed by atoms with Gasteiger partial charge in [-0.05, 0) is 104 Å². The number of benzene rings is 1.